The molecule has 1 aliphatic carbocycles. The van der Waals surface area contributed by atoms with Gasteiger partial charge < -0.3 is 15.2 Å². The first-order valence-corrected chi connectivity index (χ1v) is 6.65. The fraction of sp³-hybridized carbons (Fsp3) is 1.00. The minimum atomic E-state index is -0.0374. The third-order valence-electron chi connectivity index (χ3n) is 4.40. The lowest BCUT2D eigenvalue weighted by atomic mass is 9.73. The molecular formula is C13H25NO2. The van der Waals surface area contributed by atoms with E-state index in [-0.39, 0.29) is 12.3 Å². The van der Waals surface area contributed by atoms with Crippen LogP contribution in [0.25, 0.3) is 0 Å². The molecule has 2 fully saturated rings. The van der Waals surface area contributed by atoms with Gasteiger partial charge in [0.15, 0.2) is 6.29 Å². The average molecular weight is 227 g/mol. The molecule has 94 valence electrons. The van der Waals surface area contributed by atoms with Crippen LogP contribution in [0.1, 0.15) is 39.5 Å². The maximum atomic E-state index is 6.28. The zero-order chi connectivity index (χ0) is 11.5. The van der Waals surface area contributed by atoms with E-state index in [4.69, 9.17) is 15.2 Å². The number of rotatable bonds is 3. The highest BCUT2D eigenvalue weighted by atomic mass is 16.7. The van der Waals surface area contributed by atoms with E-state index < -0.39 is 0 Å². The van der Waals surface area contributed by atoms with Gasteiger partial charge in [-0.15, -0.1) is 0 Å². The van der Waals surface area contributed by atoms with Gasteiger partial charge in [0.1, 0.15) is 0 Å². The smallest absolute Gasteiger partial charge is 0.159 e. The topological polar surface area (TPSA) is 44.5 Å². The summed E-state index contributed by atoms with van der Waals surface area (Å²) < 4.78 is 10.9. The van der Waals surface area contributed by atoms with E-state index in [0.29, 0.717) is 5.92 Å². The lowest BCUT2D eigenvalue weighted by Gasteiger charge is -2.35. The summed E-state index contributed by atoms with van der Waals surface area (Å²) in [5.41, 5.74) is 6.28. The second-order valence-electron chi connectivity index (χ2n) is 5.60. The Bertz CT molecular complexity index is 216. The molecule has 0 aromatic carbocycles. The Balaban J connectivity index is 1.78. The minimum Gasteiger partial charge on any atom is -0.350 e. The summed E-state index contributed by atoms with van der Waals surface area (Å²) >= 11 is 0. The Morgan fingerprint density at radius 2 is 1.81 bits per heavy atom. The SMILES string of the molecule is CC1CCC(C(N)CC2OCCO2)CC1C. The van der Waals surface area contributed by atoms with Crippen molar-refractivity contribution in [3.8, 4) is 0 Å². The Labute approximate surface area is 98.7 Å². The molecule has 0 bridgehead atoms. The molecule has 4 atom stereocenters. The third-order valence-corrected chi connectivity index (χ3v) is 4.40. The Morgan fingerprint density at radius 1 is 1.12 bits per heavy atom. The van der Waals surface area contributed by atoms with E-state index in [1.165, 1.54) is 19.3 Å². The summed E-state index contributed by atoms with van der Waals surface area (Å²) in [6.07, 6.45) is 4.70. The summed E-state index contributed by atoms with van der Waals surface area (Å²) in [7, 11) is 0. The van der Waals surface area contributed by atoms with E-state index in [9.17, 15) is 0 Å². The summed E-state index contributed by atoms with van der Waals surface area (Å²) in [4.78, 5) is 0. The second kappa shape index (κ2) is 5.48. The van der Waals surface area contributed by atoms with Gasteiger partial charge in [0.25, 0.3) is 0 Å². The average Bonchev–Trinajstić information content (AvgIpc) is 2.74. The largest absolute Gasteiger partial charge is 0.350 e. The van der Waals surface area contributed by atoms with Crippen molar-refractivity contribution in [1.82, 2.24) is 0 Å². The number of hydrogen-bond acceptors (Lipinski definition) is 3. The van der Waals surface area contributed by atoms with Crippen LogP contribution in [0.15, 0.2) is 0 Å². The van der Waals surface area contributed by atoms with Gasteiger partial charge in [0.2, 0.25) is 0 Å². The monoisotopic (exact) mass is 227 g/mol. The van der Waals surface area contributed by atoms with Gasteiger partial charge in [-0.2, -0.15) is 0 Å². The van der Waals surface area contributed by atoms with Crippen molar-refractivity contribution in [2.24, 2.45) is 23.5 Å². The zero-order valence-corrected chi connectivity index (χ0v) is 10.5. The summed E-state index contributed by atoms with van der Waals surface area (Å²) in [5.74, 6) is 2.34. The minimum absolute atomic E-state index is 0.0374. The molecule has 1 heterocycles. The first kappa shape index (κ1) is 12.3. The predicted molar refractivity (Wildman–Crippen MR) is 64.0 cm³/mol. The Hall–Kier alpha value is -0.120. The number of ether oxygens (including phenoxy) is 2. The Kier molecular flexibility index (Phi) is 4.22. The van der Waals surface area contributed by atoms with E-state index in [1.807, 2.05) is 0 Å². The lowest BCUT2D eigenvalue weighted by Crippen LogP contribution is -2.38. The van der Waals surface area contributed by atoms with Crippen LogP contribution in [0.3, 0.4) is 0 Å². The number of hydrogen-bond donors (Lipinski definition) is 1. The van der Waals surface area contributed by atoms with Gasteiger partial charge in [-0.05, 0) is 30.6 Å². The number of nitrogens with two attached hydrogens (primary N) is 1. The van der Waals surface area contributed by atoms with Crippen LogP contribution >= 0.6 is 0 Å². The fourth-order valence-corrected chi connectivity index (χ4v) is 2.94. The van der Waals surface area contributed by atoms with Crippen LogP contribution in [-0.2, 0) is 9.47 Å². The molecule has 3 heteroatoms. The van der Waals surface area contributed by atoms with Crippen LogP contribution in [0.4, 0.5) is 0 Å². The summed E-state index contributed by atoms with van der Waals surface area (Å²) in [5, 5.41) is 0. The summed E-state index contributed by atoms with van der Waals surface area (Å²) in [6.45, 7) is 6.17. The van der Waals surface area contributed by atoms with Crippen molar-refractivity contribution in [3.05, 3.63) is 0 Å². The highest BCUT2D eigenvalue weighted by molar-refractivity contribution is 4.82. The normalized spacial score (nSPS) is 38.8. The van der Waals surface area contributed by atoms with Crippen molar-refractivity contribution in [1.29, 1.82) is 0 Å². The van der Waals surface area contributed by atoms with Crippen molar-refractivity contribution >= 4 is 0 Å². The van der Waals surface area contributed by atoms with Crippen LogP contribution in [0.2, 0.25) is 0 Å². The molecule has 1 saturated carbocycles. The highest BCUT2D eigenvalue weighted by Gasteiger charge is 2.30. The maximum absolute atomic E-state index is 6.28. The van der Waals surface area contributed by atoms with Gasteiger partial charge >= 0.3 is 0 Å². The molecule has 0 amide bonds. The van der Waals surface area contributed by atoms with E-state index in [1.54, 1.807) is 0 Å². The van der Waals surface area contributed by atoms with Gasteiger partial charge in [-0.1, -0.05) is 20.3 Å². The molecule has 2 rings (SSSR count). The molecule has 4 unspecified atom stereocenters. The van der Waals surface area contributed by atoms with Crippen LogP contribution < -0.4 is 5.73 Å². The van der Waals surface area contributed by atoms with E-state index >= 15 is 0 Å². The molecule has 1 saturated heterocycles. The van der Waals surface area contributed by atoms with Crippen molar-refractivity contribution in [2.75, 3.05) is 13.2 Å². The molecular weight excluding hydrogens is 202 g/mol. The van der Waals surface area contributed by atoms with Gasteiger partial charge in [0.05, 0.1) is 13.2 Å². The van der Waals surface area contributed by atoms with E-state index in [0.717, 1.165) is 31.5 Å². The van der Waals surface area contributed by atoms with E-state index in [2.05, 4.69) is 13.8 Å². The molecule has 1 aliphatic heterocycles. The maximum Gasteiger partial charge on any atom is 0.159 e. The zero-order valence-electron chi connectivity index (χ0n) is 10.5. The second-order valence-corrected chi connectivity index (χ2v) is 5.60. The first-order chi connectivity index (χ1) is 7.66. The Morgan fingerprint density at radius 3 is 2.44 bits per heavy atom. The molecule has 16 heavy (non-hydrogen) atoms. The van der Waals surface area contributed by atoms with Gasteiger partial charge in [-0.3, -0.25) is 0 Å². The molecule has 2 aliphatic rings. The summed E-state index contributed by atoms with van der Waals surface area (Å²) in [6, 6.07) is 0.248. The lowest BCUT2D eigenvalue weighted by molar-refractivity contribution is -0.0557. The van der Waals surface area contributed by atoms with Crippen LogP contribution in [-0.4, -0.2) is 25.5 Å². The first-order valence-electron chi connectivity index (χ1n) is 6.65. The standard InChI is InChI=1S/C13H25NO2/c1-9-3-4-11(7-10(9)2)12(14)8-13-15-5-6-16-13/h9-13H,3-8,14H2,1-2H3. The highest BCUT2D eigenvalue weighted by Crippen LogP contribution is 2.35. The van der Waals surface area contributed by atoms with Gasteiger partial charge in [-0.25, -0.2) is 0 Å². The molecule has 0 radical (unpaired) electrons. The molecule has 0 spiro atoms. The molecule has 0 aromatic heterocycles. The van der Waals surface area contributed by atoms with Crippen molar-refractivity contribution in [3.63, 3.8) is 0 Å². The van der Waals surface area contributed by atoms with Crippen molar-refractivity contribution < 1.29 is 9.47 Å². The quantitative estimate of drug-likeness (QED) is 0.803. The van der Waals surface area contributed by atoms with Crippen LogP contribution in [0, 0.1) is 17.8 Å². The molecule has 3 nitrogen and oxygen atoms in total. The molecule has 2 N–H and O–H groups in total. The molecule has 0 aromatic rings. The fourth-order valence-electron chi connectivity index (χ4n) is 2.94. The van der Waals surface area contributed by atoms with Crippen LogP contribution in [0.5, 0.6) is 0 Å². The van der Waals surface area contributed by atoms with Gasteiger partial charge in [0, 0.05) is 12.5 Å². The van der Waals surface area contributed by atoms with Crippen molar-refractivity contribution in [2.45, 2.75) is 51.9 Å². The predicted octanol–water partition coefficient (Wildman–Crippen LogP) is 2.15. The third kappa shape index (κ3) is 2.96.